The van der Waals surface area contributed by atoms with E-state index in [1.165, 1.54) is 0 Å². The van der Waals surface area contributed by atoms with Gasteiger partial charge in [0.1, 0.15) is 0 Å². The van der Waals surface area contributed by atoms with Gasteiger partial charge in [-0.15, -0.1) is 0 Å². The van der Waals surface area contributed by atoms with Crippen molar-refractivity contribution in [1.82, 2.24) is 15.2 Å². The van der Waals surface area contributed by atoms with Crippen LogP contribution < -0.4 is 11.2 Å². The molecule has 5 nitrogen and oxygen atoms in total. The number of hydrogen-bond acceptors (Lipinski definition) is 4. The second kappa shape index (κ2) is 4.39. The van der Waals surface area contributed by atoms with Crippen LogP contribution in [0.4, 0.5) is 0 Å². The van der Waals surface area contributed by atoms with E-state index in [-0.39, 0.29) is 5.91 Å². The Morgan fingerprint density at radius 2 is 2.00 bits per heavy atom. The summed E-state index contributed by atoms with van der Waals surface area (Å²) in [6.45, 7) is 3.94. The van der Waals surface area contributed by atoms with E-state index in [9.17, 15) is 4.79 Å². The summed E-state index contributed by atoms with van der Waals surface area (Å²) in [4.78, 5) is 13.1. The van der Waals surface area contributed by atoms with Crippen LogP contribution in [0.2, 0.25) is 0 Å². The standard InChI is InChI=1S/C7H16N4O/c1-9-7(12)6-10-2-4-11(8)5-3-10/h2-6,8H2,1H3,(H,9,12). The van der Waals surface area contributed by atoms with Gasteiger partial charge in [-0.05, 0) is 0 Å². The number of piperazine rings is 1. The van der Waals surface area contributed by atoms with E-state index >= 15 is 0 Å². The zero-order chi connectivity index (χ0) is 8.97. The van der Waals surface area contributed by atoms with Crippen LogP contribution in [0.25, 0.3) is 0 Å². The molecule has 1 fully saturated rings. The Hall–Kier alpha value is -0.650. The van der Waals surface area contributed by atoms with Crippen molar-refractivity contribution >= 4 is 5.91 Å². The van der Waals surface area contributed by atoms with E-state index in [2.05, 4.69) is 10.2 Å². The highest BCUT2D eigenvalue weighted by Crippen LogP contribution is 1.95. The number of likely N-dealkylation sites (N-methyl/N-ethyl adjacent to an activating group) is 1. The van der Waals surface area contributed by atoms with Crippen LogP contribution in [0.15, 0.2) is 0 Å². The molecule has 1 amide bonds. The first-order valence-electron chi connectivity index (χ1n) is 4.15. The molecule has 0 aromatic rings. The fourth-order valence-corrected chi connectivity index (χ4v) is 1.20. The van der Waals surface area contributed by atoms with Gasteiger partial charge in [-0.2, -0.15) is 0 Å². The number of nitrogens with two attached hydrogens (primary N) is 1. The van der Waals surface area contributed by atoms with Gasteiger partial charge < -0.3 is 5.32 Å². The lowest BCUT2D eigenvalue weighted by Crippen LogP contribution is -2.51. The molecule has 1 aliphatic rings. The topological polar surface area (TPSA) is 61.6 Å². The molecule has 0 radical (unpaired) electrons. The lowest BCUT2D eigenvalue weighted by molar-refractivity contribution is -0.122. The Labute approximate surface area is 72.5 Å². The maximum Gasteiger partial charge on any atom is 0.233 e. The average Bonchev–Trinajstić information content (AvgIpc) is 2.09. The zero-order valence-corrected chi connectivity index (χ0v) is 7.42. The molecular formula is C7H16N4O. The lowest BCUT2D eigenvalue weighted by Gasteiger charge is -2.31. The first kappa shape index (κ1) is 9.44. The Balaban J connectivity index is 2.21. The van der Waals surface area contributed by atoms with Crippen molar-refractivity contribution in [1.29, 1.82) is 0 Å². The second-order valence-corrected chi connectivity index (χ2v) is 2.99. The van der Waals surface area contributed by atoms with Crippen molar-refractivity contribution in [2.24, 2.45) is 5.84 Å². The van der Waals surface area contributed by atoms with Crippen molar-refractivity contribution in [2.75, 3.05) is 39.8 Å². The molecule has 1 heterocycles. The highest BCUT2D eigenvalue weighted by molar-refractivity contribution is 5.77. The van der Waals surface area contributed by atoms with E-state index in [0.29, 0.717) is 6.54 Å². The van der Waals surface area contributed by atoms with E-state index in [0.717, 1.165) is 26.2 Å². The van der Waals surface area contributed by atoms with Crippen LogP contribution in [0.1, 0.15) is 0 Å². The Bertz CT molecular complexity index is 153. The van der Waals surface area contributed by atoms with E-state index in [4.69, 9.17) is 5.84 Å². The maximum absolute atomic E-state index is 11.0. The van der Waals surface area contributed by atoms with Crippen LogP contribution >= 0.6 is 0 Å². The number of nitrogens with zero attached hydrogens (tertiary/aromatic N) is 2. The van der Waals surface area contributed by atoms with Crippen molar-refractivity contribution < 1.29 is 4.79 Å². The van der Waals surface area contributed by atoms with Crippen molar-refractivity contribution in [3.05, 3.63) is 0 Å². The molecule has 1 aliphatic heterocycles. The molecule has 0 aromatic heterocycles. The van der Waals surface area contributed by atoms with Gasteiger partial charge in [0.25, 0.3) is 0 Å². The number of carbonyl (C=O) groups is 1. The molecule has 0 atom stereocenters. The summed E-state index contributed by atoms with van der Waals surface area (Å²) in [6.07, 6.45) is 0. The molecular weight excluding hydrogens is 156 g/mol. The maximum atomic E-state index is 11.0. The summed E-state index contributed by atoms with van der Waals surface area (Å²) in [5.74, 6) is 5.64. The van der Waals surface area contributed by atoms with Crippen LogP contribution in [0, 0.1) is 0 Å². The lowest BCUT2D eigenvalue weighted by atomic mass is 10.3. The number of nitrogens with one attached hydrogen (secondary N) is 1. The van der Waals surface area contributed by atoms with Gasteiger partial charge in [-0.25, -0.2) is 5.01 Å². The van der Waals surface area contributed by atoms with Crippen molar-refractivity contribution in [2.45, 2.75) is 0 Å². The molecule has 0 aliphatic carbocycles. The smallest absolute Gasteiger partial charge is 0.233 e. The van der Waals surface area contributed by atoms with Crippen molar-refractivity contribution in [3.8, 4) is 0 Å². The Kier molecular flexibility index (Phi) is 3.46. The number of carbonyl (C=O) groups excluding carboxylic acids is 1. The molecule has 0 aromatic carbocycles. The third-order valence-electron chi connectivity index (χ3n) is 2.05. The average molecular weight is 172 g/mol. The SMILES string of the molecule is CNC(=O)CN1CCN(N)CC1. The minimum absolute atomic E-state index is 0.0699. The molecule has 5 heteroatoms. The van der Waals surface area contributed by atoms with E-state index in [1.54, 1.807) is 12.1 Å². The number of rotatable bonds is 2. The normalized spacial score (nSPS) is 20.8. The highest BCUT2D eigenvalue weighted by Gasteiger charge is 2.15. The number of amides is 1. The molecule has 0 unspecified atom stereocenters. The molecule has 1 rings (SSSR count). The summed E-state index contributed by atoms with van der Waals surface area (Å²) in [5.41, 5.74) is 0. The minimum atomic E-state index is 0.0699. The van der Waals surface area contributed by atoms with E-state index < -0.39 is 0 Å². The molecule has 3 N–H and O–H groups in total. The van der Waals surface area contributed by atoms with Gasteiger partial charge in [0.15, 0.2) is 0 Å². The first-order valence-corrected chi connectivity index (χ1v) is 4.15. The fourth-order valence-electron chi connectivity index (χ4n) is 1.20. The predicted octanol–water partition coefficient (Wildman–Crippen LogP) is -1.78. The summed E-state index contributed by atoms with van der Waals surface area (Å²) < 4.78 is 0. The van der Waals surface area contributed by atoms with Crippen LogP contribution in [-0.2, 0) is 4.79 Å². The van der Waals surface area contributed by atoms with Crippen LogP contribution in [0.3, 0.4) is 0 Å². The largest absolute Gasteiger partial charge is 0.358 e. The predicted molar refractivity (Wildman–Crippen MR) is 46.3 cm³/mol. The molecule has 0 spiro atoms. The summed E-state index contributed by atoms with van der Waals surface area (Å²) in [6, 6.07) is 0. The molecule has 70 valence electrons. The summed E-state index contributed by atoms with van der Waals surface area (Å²) in [7, 11) is 1.65. The molecule has 1 saturated heterocycles. The fraction of sp³-hybridized carbons (Fsp3) is 0.857. The summed E-state index contributed by atoms with van der Waals surface area (Å²) in [5, 5.41) is 4.38. The monoisotopic (exact) mass is 172 g/mol. The van der Waals surface area contributed by atoms with Gasteiger partial charge >= 0.3 is 0 Å². The molecule has 12 heavy (non-hydrogen) atoms. The van der Waals surface area contributed by atoms with Gasteiger partial charge in [0.05, 0.1) is 6.54 Å². The van der Waals surface area contributed by atoms with E-state index in [1.807, 2.05) is 0 Å². The van der Waals surface area contributed by atoms with Crippen LogP contribution in [-0.4, -0.2) is 55.6 Å². The second-order valence-electron chi connectivity index (χ2n) is 2.99. The van der Waals surface area contributed by atoms with Gasteiger partial charge in [0, 0.05) is 33.2 Å². The third-order valence-corrected chi connectivity index (χ3v) is 2.05. The van der Waals surface area contributed by atoms with Gasteiger partial charge in [-0.1, -0.05) is 0 Å². The Morgan fingerprint density at radius 3 is 2.50 bits per heavy atom. The third kappa shape index (κ3) is 2.77. The highest BCUT2D eigenvalue weighted by atomic mass is 16.1. The Morgan fingerprint density at radius 1 is 1.42 bits per heavy atom. The minimum Gasteiger partial charge on any atom is -0.358 e. The number of hydrogen-bond donors (Lipinski definition) is 2. The van der Waals surface area contributed by atoms with Crippen molar-refractivity contribution in [3.63, 3.8) is 0 Å². The molecule has 0 bridgehead atoms. The van der Waals surface area contributed by atoms with Gasteiger partial charge in [0.2, 0.25) is 5.91 Å². The first-order chi connectivity index (χ1) is 5.72. The summed E-state index contributed by atoms with van der Waals surface area (Å²) >= 11 is 0. The van der Waals surface area contributed by atoms with Crippen LogP contribution in [0.5, 0.6) is 0 Å². The molecule has 0 saturated carbocycles. The quantitative estimate of drug-likeness (QED) is 0.484. The van der Waals surface area contributed by atoms with Gasteiger partial charge in [-0.3, -0.25) is 15.5 Å². The number of hydrazine groups is 1. The zero-order valence-electron chi connectivity index (χ0n) is 7.42.